The highest BCUT2D eigenvalue weighted by molar-refractivity contribution is 5.70. The molecule has 0 aromatic carbocycles. The Morgan fingerprint density at radius 2 is 1.23 bits per heavy atom. The molecule has 0 aliphatic rings. The van der Waals surface area contributed by atoms with E-state index in [9.17, 15) is 19.8 Å². The maximum atomic E-state index is 12.1. The highest BCUT2D eigenvalue weighted by atomic mass is 16.6. The lowest BCUT2D eigenvalue weighted by Gasteiger charge is -2.16. The van der Waals surface area contributed by atoms with Gasteiger partial charge in [0.05, 0.1) is 12.7 Å². The Kier molecular flexibility index (Phi) is 29.2. The average Bonchev–Trinajstić information content (AvgIpc) is 2.98. The molecule has 2 N–H and O–H groups in total. The second-order valence-electron chi connectivity index (χ2n) is 11.5. The minimum absolute atomic E-state index is 0.122. The molecular formula is C37H62O6. The van der Waals surface area contributed by atoms with Crippen LogP contribution >= 0.6 is 0 Å². The SMILES string of the molecule is CC/C=C\C/C=C\C/C=C\C/C=C\C=C\C(O)CCCC(=O)O[C@@H](CO)COC(=O)CCCCCCCCCCC(C)C. The van der Waals surface area contributed by atoms with Gasteiger partial charge in [-0.25, -0.2) is 0 Å². The van der Waals surface area contributed by atoms with Crippen LogP contribution in [0.25, 0.3) is 0 Å². The van der Waals surface area contributed by atoms with E-state index >= 15 is 0 Å². The molecule has 1 unspecified atom stereocenters. The zero-order valence-electron chi connectivity index (χ0n) is 27.5. The molecule has 0 rings (SSSR count). The van der Waals surface area contributed by atoms with Crippen LogP contribution in [0.2, 0.25) is 0 Å². The zero-order chi connectivity index (χ0) is 31.8. The van der Waals surface area contributed by atoms with E-state index in [2.05, 4.69) is 57.2 Å². The van der Waals surface area contributed by atoms with Crippen molar-refractivity contribution in [1.29, 1.82) is 0 Å². The second-order valence-corrected chi connectivity index (χ2v) is 11.5. The van der Waals surface area contributed by atoms with Gasteiger partial charge < -0.3 is 19.7 Å². The van der Waals surface area contributed by atoms with Crippen molar-refractivity contribution in [2.24, 2.45) is 5.92 Å². The van der Waals surface area contributed by atoms with Crippen molar-refractivity contribution in [1.82, 2.24) is 0 Å². The Morgan fingerprint density at radius 1 is 0.674 bits per heavy atom. The smallest absolute Gasteiger partial charge is 0.306 e. The van der Waals surface area contributed by atoms with Gasteiger partial charge in [-0.2, -0.15) is 0 Å². The zero-order valence-corrected chi connectivity index (χ0v) is 27.5. The molecule has 0 aromatic heterocycles. The van der Waals surface area contributed by atoms with E-state index in [-0.39, 0.29) is 19.0 Å². The molecule has 0 fully saturated rings. The largest absolute Gasteiger partial charge is 0.462 e. The number of aliphatic hydroxyl groups excluding tert-OH is 2. The molecule has 6 nitrogen and oxygen atoms in total. The number of rotatable bonds is 28. The summed E-state index contributed by atoms with van der Waals surface area (Å²) in [5.74, 6) is -0.0128. The maximum Gasteiger partial charge on any atom is 0.306 e. The molecule has 6 heteroatoms. The number of ether oxygens (including phenoxy) is 2. The van der Waals surface area contributed by atoms with Crippen molar-refractivity contribution >= 4 is 11.9 Å². The van der Waals surface area contributed by atoms with Crippen molar-refractivity contribution < 1.29 is 29.3 Å². The summed E-state index contributed by atoms with van der Waals surface area (Å²) in [5.41, 5.74) is 0. The van der Waals surface area contributed by atoms with Crippen LogP contribution in [0.1, 0.15) is 130 Å². The molecule has 0 bridgehead atoms. The van der Waals surface area contributed by atoms with Crippen LogP contribution in [0.15, 0.2) is 60.8 Å². The van der Waals surface area contributed by atoms with E-state index in [1.165, 1.54) is 38.5 Å². The van der Waals surface area contributed by atoms with Gasteiger partial charge in [-0.05, 0) is 50.9 Å². The summed E-state index contributed by atoms with van der Waals surface area (Å²) in [5, 5.41) is 19.6. The first-order valence-corrected chi connectivity index (χ1v) is 16.8. The van der Waals surface area contributed by atoms with Gasteiger partial charge in [-0.3, -0.25) is 9.59 Å². The van der Waals surface area contributed by atoms with Crippen LogP contribution < -0.4 is 0 Å². The molecule has 0 aliphatic carbocycles. The minimum atomic E-state index is -0.866. The number of hydrogen-bond acceptors (Lipinski definition) is 6. The molecule has 0 saturated carbocycles. The summed E-state index contributed by atoms with van der Waals surface area (Å²) in [6.45, 7) is 6.12. The van der Waals surface area contributed by atoms with Crippen LogP contribution in [-0.2, 0) is 19.1 Å². The Balaban J connectivity index is 3.86. The van der Waals surface area contributed by atoms with Gasteiger partial charge in [0, 0.05) is 12.8 Å². The number of carbonyl (C=O) groups is 2. The first-order valence-electron chi connectivity index (χ1n) is 16.8. The number of esters is 2. The molecule has 43 heavy (non-hydrogen) atoms. The lowest BCUT2D eigenvalue weighted by Crippen LogP contribution is -2.28. The minimum Gasteiger partial charge on any atom is -0.462 e. The van der Waals surface area contributed by atoms with Crippen LogP contribution in [0, 0.1) is 5.92 Å². The van der Waals surface area contributed by atoms with E-state index in [1.807, 2.05) is 18.2 Å². The lowest BCUT2D eigenvalue weighted by molar-refractivity contribution is -0.161. The topological polar surface area (TPSA) is 93.1 Å². The Morgan fingerprint density at radius 3 is 1.84 bits per heavy atom. The quantitative estimate of drug-likeness (QED) is 0.0402. The fourth-order valence-electron chi connectivity index (χ4n) is 4.29. The van der Waals surface area contributed by atoms with Crippen LogP contribution in [0.4, 0.5) is 0 Å². The maximum absolute atomic E-state index is 12.1. The first-order chi connectivity index (χ1) is 20.9. The van der Waals surface area contributed by atoms with Crippen LogP contribution in [0.5, 0.6) is 0 Å². The molecule has 0 saturated heterocycles. The fraction of sp³-hybridized carbons (Fsp3) is 0.676. The third kappa shape index (κ3) is 30.8. The highest BCUT2D eigenvalue weighted by Crippen LogP contribution is 2.13. The predicted octanol–water partition coefficient (Wildman–Crippen LogP) is 8.88. The Bertz CT molecular complexity index is 808. The third-order valence-electron chi connectivity index (χ3n) is 6.86. The predicted molar refractivity (Wildman–Crippen MR) is 179 cm³/mol. The molecule has 0 aliphatic heterocycles. The van der Waals surface area contributed by atoms with Crippen LogP contribution in [-0.4, -0.2) is 47.6 Å². The highest BCUT2D eigenvalue weighted by Gasteiger charge is 2.16. The monoisotopic (exact) mass is 602 g/mol. The van der Waals surface area contributed by atoms with Gasteiger partial charge in [-0.1, -0.05) is 133 Å². The van der Waals surface area contributed by atoms with Crippen molar-refractivity contribution in [3.8, 4) is 0 Å². The molecule has 0 heterocycles. The van der Waals surface area contributed by atoms with E-state index in [0.717, 1.165) is 50.9 Å². The van der Waals surface area contributed by atoms with Crippen molar-refractivity contribution in [2.45, 2.75) is 142 Å². The van der Waals surface area contributed by atoms with Crippen molar-refractivity contribution in [2.75, 3.05) is 13.2 Å². The van der Waals surface area contributed by atoms with Crippen molar-refractivity contribution in [3.63, 3.8) is 0 Å². The summed E-state index contributed by atoms with van der Waals surface area (Å²) in [4.78, 5) is 24.1. The van der Waals surface area contributed by atoms with Gasteiger partial charge in [0.15, 0.2) is 6.10 Å². The Labute approximate surface area is 263 Å². The molecule has 0 spiro atoms. The second kappa shape index (κ2) is 31.0. The number of carbonyl (C=O) groups excluding carboxylic acids is 2. The van der Waals surface area contributed by atoms with E-state index < -0.39 is 24.8 Å². The first kappa shape index (κ1) is 40.6. The average molecular weight is 603 g/mol. The molecule has 246 valence electrons. The van der Waals surface area contributed by atoms with Gasteiger partial charge in [0.2, 0.25) is 0 Å². The van der Waals surface area contributed by atoms with Crippen molar-refractivity contribution in [3.05, 3.63) is 60.8 Å². The van der Waals surface area contributed by atoms with E-state index in [0.29, 0.717) is 19.3 Å². The third-order valence-corrected chi connectivity index (χ3v) is 6.86. The van der Waals surface area contributed by atoms with Gasteiger partial charge in [-0.15, -0.1) is 0 Å². The number of unbranched alkanes of at least 4 members (excludes halogenated alkanes) is 7. The normalized spacial score (nSPS) is 13.8. The summed E-state index contributed by atoms with van der Waals surface area (Å²) >= 11 is 0. The van der Waals surface area contributed by atoms with Crippen LogP contribution in [0.3, 0.4) is 0 Å². The summed E-state index contributed by atoms with van der Waals surface area (Å²) < 4.78 is 10.4. The molecule has 2 atom stereocenters. The Hall–Kier alpha value is -2.44. The molecule has 0 radical (unpaired) electrons. The summed E-state index contributed by atoms with van der Waals surface area (Å²) in [6, 6.07) is 0. The molecule has 0 amide bonds. The summed E-state index contributed by atoms with van der Waals surface area (Å²) in [7, 11) is 0. The number of allylic oxidation sites excluding steroid dienone is 9. The lowest BCUT2D eigenvalue weighted by atomic mass is 10.0. The number of aliphatic hydroxyl groups is 2. The van der Waals surface area contributed by atoms with Gasteiger partial charge in [0.1, 0.15) is 6.61 Å². The summed E-state index contributed by atoms with van der Waals surface area (Å²) in [6.07, 6.45) is 34.6. The van der Waals surface area contributed by atoms with E-state index in [4.69, 9.17) is 9.47 Å². The van der Waals surface area contributed by atoms with Gasteiger partial charge >= 0.3 is 11.9 Å². The molecule has 0 aromatic rings. The number of hydrogen-bond donors (Lipinski definition) is 2. The fourth-order valence-corrected chi connectivity index (χ4v) is 4.29. The standard InChI is InChI=1S/C37H62O6/c1-4-5-6-7-8-9-10-11-12-13-17-20-23-27-34(39)28-25-30-37(41)43-35(31-38)32-42-36(40)29-24-21-18-15-14-16-19-22-26-33(2)3/h5-6,8-9,11-12,17,20,23,27,33-35,38-39H,4,7,10,13-16,18-19,21-22,24-26,28-32H2,1-3H3/b6-5-,9-8-,12-11-,20-17-,27-23+/t34?,35-/m0/s1. The molecular weight excluding hydrogens is 540 g/mol. The van der Waals surface area contributed by atoms with E-state index in [1.54, 1.807) is 6.08 Å². The van der Waals surface area contributed by atoms with Gasteiger partial charge in [0.25, 0.3) is 0 Å².